The Bertz CT molecular complexity index is 634. The molecule has 0 fully saturated rings. The number of aromatic nitrogens is 2. The lowest BCUT2D eigenvalue weighted by Crippen LogP contribution is -2.04. The summed E-state index contributed by atoms with van der Waals surface area (Å²) in [5, 5.41) is 5.17. The van der Waals surface area contributed by atoms with E-state index in [1.807, 2.05) is 0 Å². The molecule has 18 heavy (non-hydrogen) atoms. The first kappa shape index (κ1) is 13.4. The number of carbonyl (C=O) groups excluding carboxylic acids is 1. The van der Waals surface area contributed by atoms with Crippen molar-refractivity contribution in [3.8, 4) is 0 Å². The van der Waals surface area contributed by atoms with Gasteiger partial charge in [0.1, 0.15) is 5.15 Å². The molecule has 2 rings (SSSR count). The van der Waals surface area contributed by atoms with Crippen molar-refractivity contribution in [3.05, 3.63) is 50.2 Å². The van der Waals surface area contributed by atoms with Crippen LogP contribution in [0.1, 0.15) is 21.6 Å². The quantitative estimate of drug-likeness (QED) is 0.788. The van der Waals surface area contributed by atoms with E-state index in [1.54, 1.807) is 26.1 Å². The number of carbonyl (C=O) groups is 1. The van der Waals surface area contributed by atoms with Crippen molar-refractivity contribution < 1.29 is 4.79 Å². The van der Waals surface area contributed by atoms with E-state index in [4.69, 9.17) is 34.8 Å². The summed E-state index contributed by atoms with van der Waals surface area (Å²) in [5.41, 5.74) is 1.29. The Labute approximate surface area is 119 Å². The van der Waals surface area contributed by atoms with E-state index in [2.05, 4.69) is 5.10 Å². The van der Waals surface area contributed by atoms with Crippen LogP contribution in [0.15, 0.2) is 18.2 Å². The van der Waals surface area contributed by atoms with E-state index in [-0.39, 0.29) is 5.78 Å². The van der Waals surface area contributed by atoms with Crippen molar-refractivity contribution in [2.75, 3.05) is 0 Å². The maximum atomic E-state index is 12.4. The zero-order valence-electron chi connectivity index (χ0n) is 9.67. The largest absolute Gasteiger partial charge is 0.288 e. The SMILES string of the molecule is Cc1nn(C)c(Cl)c1C(=O)c1ccc(Cl)cc1Cl. The van der Waals surface area contributed by atoms with Crippen LogP contribution in [0, 0.1) is 6.92 Å². The van der Waals surface area contributed by atoms with Gasteiger partial charge in [0.2, 0.25) is 0 Å². The first-order chi connectivity index (χ1) is 8.41. The lowest BCUT2D eigenvalue weighted by molar-refractivity contribution is 0.103. The first-order valence-corrected chi connectivity index (χ1v) is 6.24. The molecule has 94 valence electrons. The summed E-state index contributed by atoms with van der Waals surface area (Å²) < 4.78 is 1.45. The van der Waals surface area contributed by atoms with E-state index >= 15 is 0 Å². The van der Waals surface area contributed by atoms with E-state index in [9.17, 15) is 4.79 Å². The highest BCUT2D eigenvalue weighted by molar-refractivity contribution is 6.39. The van der Waals surface area contributed by atoms with Crippen LogP contribution in [0.2, 0.25) is 15.2 Å². The summed E-state index contributed by atoms with van der Waals surface area (Å²) >= 11 is 17.9. The van der Waals surface area contributed by atoms with Crippen LogP contribution >= 0.6 is 34.8 Å². The van der Waals surface area contributed by atoms with Gasteiger partial charge < -0.3 is 0 Å². The molecule has 1 aromatic carbocycles. The Balaban J connectivity index is 2.55. The third kappa shape index (κ3) is 2.26. The van der Waals surface area contributed by atoms with Crippen molar-refractivity contribution >= 4 is 40.6 Å². The van der Waals surface area contributed by atoms with Crippen LogP contribution in [0.3, 0.4) is 0 Å². The molecular weight excluding hydrogens is 295 g/mol. The molecule has 2 aromatic rings. The molecule has 0 saturated heterocycles. The third-order valence-electron chi connectivity index (χ3n) is 2.56. The minimum absolute atomic E-state index is 0.257. The molecule has 0 saturated carbocycles. The Kier molecular flexibility index (Phi) is 3.66. The Morgan fingerprint density at radius 1 is 1.28 bits per heavy atom. The van der Waals surface area contributed by atoms with E-state index in [1.165, 1.54) is 10.7 Å². The molecule has 1 aromatic heterocycles. The number of benzene rings is 1. The summed E-state index contributed by atoms with van der Waals surface area (Å²) in [5.74, 6) is -0.257. The van der Waals surface area contributed by atoms with Gasteiger partial charge in [-0.3, -0.25) is 9.48 Å². The Morgan fingerprint density at radius 2 is 1.94 bits per heavy atom. The fourth-order valence-corrected chi connectivity index (χ4v) is 2.45. The summed E-state index contributed by atoms with van der Waals surface area (Å²) in [4.78, 5) is 12.4. The van der Waals surface area contributed by atoms with Gasteiger partial charge in [0.25, 0.3) is 0 Å². The molecule has 0 radical (unpaired) electrons. The lowest BCUT2D eigenvalue weighted by Gasteiger charge is -2.03. The second-order valence-corrected chi connectivity index (χ2v) is 5.03. The fraction of sp³-hybridized carbons (Fsp3) is 0.167. The van der Waals surface area contributed by atoms with Gasteiger partial charge in [-0.25, -0.2) is 0 Å². The number of ketones is 1. The summed E-state index contributed by atoms with van der Waals surface area (Å²) in [6.45, 7) is 1.73. The molecule has 6 heteroatoms. The molecule has 0 aliphatic rings. The van der Waals surface area contributed by atoms with Crippen LogP contribution in [0.25, 0.3) is 0 Å². The van der Waals surface area contributed by atoms with Crippen LogP contribution in [-0.4, -0.2) is 15.6 Å². The molecular formula is C12H9Cl3N2O. The number of hydrogen-bond acceptors (Lipinski definition) is 2. The van der Waals surface area contributed by atoms with Gasteiger partial charge in [-0.1, -0.05) is 34.8 Å². The predicted octanol–water partition coefficient (Wildman–Crippen LogP) is 3.92. The number of halogens is 3. The first-order valence-electron chi connectivity index (χ1n) is 5.10. The highest BCUT2D eigenvalue weighted by atomic mass is 35.5. The van der Waals surface area contributed by atoms with Gasteiger partial charge in [-0.2, -0.15) is 5.10 Å². The van der Waals surface area contributed by atoms with Gasteiger partial charge in [0.05, 0.1) is 16.3 Å². The smallest absolute Gasteiger partial charge is 0.199 e. The number of rotatable bonds is 2. The molecule has 0 unspecified atom stereocenters. The normalized spacial score (nSPS) is 10.7. The average molecular weight is 304 g/mol. The van der Waals surface area contributed by atoms with Gasteiger partial charge >= 0.3 is 0 Å². The second-order valence-electron chi connectivity index (χ2n) is 3.83. The molecule has 0 aliphatic carbocycles. The maximum Gasteiger partial charge on any atom is 0.199 e. The van der Waals surface area contributed by atoms with Crippen molar-refractivity contribution in [2.24, 2.45) is 7.05 Å². The minimum atomic E-state index is -0.257. The monoisotopic (exact) mass is 302 g/mol. The average Bonchev–Trinajstić information content (AvgIpc) is 2.52. The van der Waals surface area contributed by atoms with Gasteiger partial charge in [0.15, 0.2) is 5.78 Å². The summed E-state index contributed by atoms with van der Waals surface area (Å²) in [7, 11) is 1.68. The standard InChI is InChI=1S/C12H9Cl3N2O/c1-6-10(12(15)17(2)16-6)11(18)8-4-3-7(13)5-9(8)14/h3-5H,1-2H3. The molecule has 0 N–H and O–H groups in total. The van der Waals surface area contributed by atoms with E-state index in [0.717, 1.165) is 0 Å². The second kappa shape index (κ2) is 4.92. The van der Waals surface area contributed by atoms with Crippen LogP contribution in [0.4, 0.5) is 0 Å². The maximum absolute atomic E-state index is 12.4. The molecule has 1 heterocycles. The zero-order chi connectivity index (χ0) is 13.4. The summed E-state index contributed by atoms with van der Waals surface area (Å²) in [6, 6.07) is 4.71. The topological polar surface area (TPSA) is 34.9 Å². The van der Waals surface area contributed by atoms with Crippen molar-refractivity contribution in [1.29, 1.82) is 0 Å². The van der Waals surface area contributed by atoms with Gasteiger partial charge in [-0.15, -0.1) is 0 Å². The van der Waals surface area contributed by atoms with Crippen LogP contribution in [-0.2, 0) is 7.05 Å². The number of hydrogen-bond donors (Lipinski definition) is 0. The van der Waals surface area contributed by atoms with E-state index < -0.39 is 0 Å². The third-order valence-corrected chi connectivity index (χ3v) is 3.54. The molecule has 0 atom stereocenters. The molecule has 0 amide bonds. The van der Waals surface area contributed by atoms with Crippen LogP contribution < -0.4 is 0 Å². The highest BCUT2D eigenvalue weighted by Gasteiger charge is 2.22. The summed E-state index contributed by atoms with van der Waals surface area (Å²) in [6.07, 6.45) is 0. The van der Waals surface area contributed by atoms with Gasteiger partial charge in [0, 0.05) is 17.6 Å². The number of nitrogens with zero attached hydrogens (tertiary/aromatic N) is 2. The van der Waals surface area contributed by atoms with Crippen molar-refractivity contribution in [2.45, 2.75) is 6.92 Å². The van der Waals surface area contributed by atoms with E-state index in [0.29, 0.717) is 32.0 Å². The lowest BCUT2D eigenvalue weighted by atomic mass is 10.0. The molecule has 0 spiro atoms. The predicted molar refractivity (Wildman–Crippen MR) is 72.8 cm³/mol. The zero-order valence-corrected chi connectivity index (χ0v) is 11.9. The fourth-order valence-electron chi connectivity index (χ4n) is 1.70. The molecule has 0 aliphatic heterocycles. The highest BCUT2D eigenvalue weighted by Crippen LogP contribution is 2.27. The van der Waals surface area contributed by atoms with Crippen molar-refractivity contribution in [3.63, 3.8) is 0 Å². The van der Waals surface area contributed by atoms with Crippen molar-refractivity contribution in [1.82, 2.24) is 9.78 Å². The Morgan fingerprint density at radius 3 is 2.44 bits per heavy atom. The molecule has 3 nitrogen and oxygen atoms in total. The Hall–Kier alpha value is -1.03. The number of aryl methyl sites for hydroxylation is 2. The molecule has 0 bridgehead atoms. The van der Waals surface area contributed by atoms with Crippen LogP contribution in [0.5, 0.6) is 0 Å². The minimum Gasteiger partial charge on any atom is -0.288 e. The van der Waals surface area contributed by atoms with Gasteiger partial charge in [-0.05, 0) is 25.1 Å².